The second kappa shape index (κ2) is 6.12. The first kappa shape index (κ1) is 16.3. The maximum atomic E-state index is 12.4. The lowest BCUT2D eigenvalue weighted by Gasteiger charge is -2.04. The van der Waals surface area contributed by atoms with Gasteiger partial charge in [0.15, 0.2) is 0 Å². The zero-order valence-corrected chi connectivity index (χ0v) is 14.3. The third kappa shape index (κ3) is 3.18. The van der Waals surface area contributed by atoms with Crippen LogP contribution in [0.3, 0.4) is 0 Å². The van der Waals surface area contributed by atoms with E-state index in [9.17, 15) is 8.42 Å². The van der Waals surface area contributed by atoms with Crippen molar-refractivity contribution in [2.24, 2.45) is 0 Å². The molecule has 0 fully saturated rings. The molecule has 8 heteroatoms. The summed E-state index contributed by atoms with van der Waals surface area (Å²) < 4.78 is 37.8. The van der Waals surface area contributed by atoms with Gasteiger partial charge in [-0.15, -0.1) is 5.10 Å². The van der Waals surface area contributed by atoms with Crippen LogP contribution in [0.1, 0.15) is 24.0 Å². The van der Waals surface area contributed by atoms with Gasteiger partial charge in [-0.1, -0.05) is 24.2 Å². The first-order chi connectivity index (χ1) is 11.4. The second-order valence-electron chi connectivity index (χ2n) is 5.34. The van der Waals surface area contributed by atoms with Gasteiger partial charge in [0, 0.05) is 0 Å². The summed E-state index contributed by atoms with van der Waals surface area (Å²) in [5.74, 6) is 1.53. The molecule has 0 unspecified atom stereocenters. The zero-order valence-electron chi connectivity index (χ0n) is 13.5. The Bertz CT molecular complexity index is 956. The average molecular weight is 347 g/mol. The third-order valence-corrected chi connectivity index (χ3v) is 4.90. The summed E-state index contributed by atoms with van der Waals surface area (Å²) >= 11 is 0. The van der Waals surface area contributed by atoms with Crippen LogP contribution >= 0.6 is 0 Å². The number of rotatable bonds is 5. The molecule has 0 saturated heterocycles. The van der Waals surface area contributed by atoms with E-state index in [2.05, 4.69) is 14.9 Å². The number of sulfonamides is 1. The highest BCUT2D eigenvalue weighted by Crippen LogP contribution is 2.27. The summed E-state index contributed by atoms with van der Waals surface area (Å²) in [5, 5.41) is 7.60. The van der Waals surface area contributed by atoms with Crippen molar-refractivity contribution in [2.75, 3.05) is 4.72 Å². The lowest BCUT2D eigenvalue weighted by atomic mass is 10.2. The van der Waals surface area contributed by atoms with Gasteiger partial charge in [-0.3, -0.25) is 0 Å². The monoisotopic (exact) mass is 347 g/mol. The summed E-state index contributed by atoms with van der Waals surface area (Å²) in [7, 11) is -3.78. The van der Waals surface area contributed by atoms with Crippen LogP contribution in [-0.2, 0) is 16.4 Å². The van der Waals surface area contributed by atoms with Crippen molar-refractivity contribution in [3.05, 3.63) is 47.4 Å². The van der Waals surface area contributed by atoms with Crippen molar-refractivity contribution in [3.8, 4) is 11.5 Å². The van der Waals surface area contributed by atoms with Gasteiger partial charge in [0.05, 0.1) is 10.5 Å². The summed E-state index contributed by atoms with van der Waals surface area (Å²) in [5.41, 5.74) is 1.69. The Morgan fingerprint density at radius 1 is 1.08 bits per heavy atom. The van der Waals surface area contributed by atoms with Gasteiger partial charge >= 0.3 is 6.01 Å². The number of hydrogen-bond donors (Lipinski definition) is 1. The van der Waals surface area contributed by atoms with Crippen LogP contribution in [0.5, 0.6) is 0 Å². The van der Waals surface area contributed by atoms with Crippen LogP contribution in [0.15, 0.2) is 44.1 Å². The van der Waals surface area contributed by atoms with Crippen molar-refractivity contribution in [3.63, 3.8) is 0 Å². The van der Waals surface area contributed by atoms with Crippen LogP contribution in [0, 0.1) is 13.8 Å². The summed E-state index contributed by atoms with van der Waals surface area (Å²) in [6, 6.07) is 8.19. The fraction of sp³-hybridized carbons (Fsp3) is 0.250. The highest BCUT2D eigenvalue weighted by atomic mass is 32.2. The normalized spacial score (nSPS) is 11.6. The fourth-order valence-electron chi connectivity index (χ4n) is 2.29. The number of aryl methyl sites for hydroxylation is 3. The topological polar surface area (TPSA) is 98.2 Å². The van der Waals surface area contributed by atoms with E-state index < -0.39 is 10.0 Å². The van der Waals surface area contributed by atoms with Crippen molar-refractivity contribution in [1.82, 2.24) is 10.2 Å². The first-order valence-corrected chi connectivity index (χ1v) is 8.90. The number of furan rings is 1. The van der Waals surface area contributed by atoms with Gasteiger partial charge in [0.2, 0.25) is 0 Å². The molecule has 3 aromatic rings. The predicted molar refractivity (Wildman–Crippen MR) is 88.1 cm³/mol. The molecule has 0 atom stereocenters. The van der Waals surface area contributed by atoms with Gasteiger partial charge in [0.25, 0.3) is 15.9 Å². The summed E-state index contributed by atoms with van der Waals surface area (Å²) in [6.45, 7) is 5.57. The molecule has 1 aromatic carbocycles. The molecule has 0 aliphatic heterocycles. The maximum absolute atomic E-state index is 12.4. The van der Waals surface area contributed by atoms with Crippen LogP contribution in [0.2, 0.25) is 0 Å². The van der Waals surface area contributed by atoms with Gasteiger partial charge in [-0.05, 0) is 44.0 Å². The number of hydrogen-bond acceptors (Lipinski definition) is 6. The molecule has 0 spiro atoms. The smallest absolute Gasteiger partial charge is 0.330 e. The molecule has 2 aromatic heterocycles. The molecule has 0 bridgehead atoms. The number of benzene rings is 1. The molecule has 0 aliphatic rings. The van der Waals surface area contributed by atoms with Gasteiger partial charge in [0.1, 0.15) is 11.5 Å². The molecular formula is C16H17N3O4S. The number of aromatic nitrogens is 2. The first-order valence-electron chi connectivity index (χ1n) is 7.41. The van der Waals surface area contributed by atoms with E-state index in [0.717, 1.165) is 12.0 Å². The SMILES string of the molecule is CCc1ccc(S(=O)(=O)Nc2nnc(-c3cc(C)oc3C)o2)cc1. The Morgan fingerprint density at radius 3 is 2.38 bits per heavy atom. The molecular weight excluding hydrogens is 330 g/mol. The highest BCUT2D eigenvalue weighted by molar-refractivity contribution is 7.92. The zero-order chi connectivity index (χ0) is 17.3. The molecule has 3 rings (SSSR count). The Morgan fingerprint density at radius 2 is 1.79 bits per heavy atom. The van der Waals surface area contributed by atoms with E-state index in [4.69, 9.17) is 8.83 Å². The van der Waals surface area contributed by atoms with Crippen molar-refractivity contribution in [1.29, 1.82) is 0 Å². The van der Waals surface area contributed by atoms with Crippen LogP contribution in [-0.4, -0.2) is 18.6 Å². The quantitative estimate of drug-likeness (QED) is 0.760. The standard InChI is InChI=1S/C16H17N3O4S/c1-4-12-5-7-13(8-6-12)24(20,21)19-16-18-17-15(23-16)14-9-10(2)22-11(14)3/h5-9H,4H2,1-3H3,(H,18,19). The van der Waals surface area contributed by atoms with Crippen molar-refractivity contribution < 1.29 is 17.3 Å². The minimum atomic E-state index is -3.78. The van der Waals surface area contributed by atoms with Gasteiger partial charge in [-0.2, -0.15) is 0 Å². The second-order valence-corrected chi connectivity index (χ2v) is 7.02. The maximum Gasteiger partial charge on any atom is 0.330 e. The molecule has 24 heavy (non-hydrogen) atoms. The van der Waals surface area contributed by atoms with Crippen LogP contribution in [0.25, 0.3) is 11.5 Å². The molecule has 0 saturated carbocycles. The minimum absolute atomic E-state index is 0.134. The molecule has 0 radical (unpaired) electrons. The fourth-order valence-corrected chi connectivity index (χ4v) is 3.22. The Hall–Kier alpha value is -2.61. The van der Waals surface area contributed by atoms with Crippen LogP contribution in [0.4, 0.5) is 6.01 Å². The number of nitrogens with one attached hydrogen (secondary N) is 1. The largest absolute Gasteiger partial charge is 0.466 e. The lowest BCUT2D eigenvalue weighted by molar-refractivity contribution is 0.503. The average Bonchev–Trinajstić information content (AvgIpc) is 3.13. The van der Waals surface area contributed by atoms with Gasteiger partial charge < -0.3 is 8.83 Å². The molecule has 7 nitrogen and oxygen atoms in total. The Balaban J connectivity index is 1.84. The van der Waals surface area contributed by atoms with Crippen molar-refractivity contribution in [2.45, 2.75) is 32.1 Å². The molecule has 126 valence electrons. The van der Waals surface area contributed by atoms with E-state index in [0.29, 0.717) is 17.1 Å². The molecule has 1 N–H and O–H groups in total. The number of anilines is 1. The van der Waals surface area contributed by atoms with E-state index >= 15 is 0 Å². The minimum Gasteiger partial charge on any atom is -0.466 e. The van der Waals surface area contributed by atoms with Gasteiger partial charge in [-0.25, -0.2) is 13.1 Å². The van der Waals surface area contributed by atoms with E-state index in [-0.39, 0.29) is 16.8 Å². The Labute approximate surface area is 139 Å². The van der Waals surface area contributed by atoms with E-state index in [1.165, 1.54) is 0 Å². The molecule has 0 aliphatic carbocycles. The summed E-state index contributed by atoms with van der Waals surface area (Å²) in [4.78, 5) is 0.134. The number of nitrogens with zero attached hydrogens (tertiary/aromatic N) is 2. The van der Waals surface area contributed by atoms with Crippen LogP contribution < -0.4 is 4.72 Å². The van der Waals surface area contributed by atoms with Crippen molar-refractivity contribution >= 4 is 16.0 Å². The lowest BCUT2D eigenvalue weighted by Crippen LogP contribution is -2.13. The predicted octanol–water partition coefficient (Wildman–Crippen LogP) is 3.31. The van der Waals surface area contributed by atoms with E-state index in [1.54, 1.807) is 44.2 Å². The Kier molecular flexibility index (Phi) is 4.15. The molecule has 2 heterocycles. The van der Waals surface area contributed by atoms with E-state index in [1.807, 2.05) is 6.92 Å². The summed E-state index contributed by atoms with van der Waals surface area (Å²) in [6.07, 6.45) is 0.838. The highest BCUT2D eigenvalue weighted by Gasteiger charge is 2.20. The molecule has 0 amide bonds. The third-order valence-electron chi connectivity index (χ3n) is 3.56.